The summed E-state index contributed by atoms with van der Waals surface area (Å²) >= 11 is 11.7. The zero-order valence-corrected chi connectivity index (χ0v) is 15.4. The molecule has 0 aliphatic rings. The fourth-order valence-corrected chi connectivity index (χ4v) is 4.17. The molecule has 0 saturated carbocycles. The van der Waals surface area contributed by atoms with Gasteiger partial charge in [-0.05, 0) is 46.5 Å². The van der Waals surface area contributed by atoms with Gasteiger partial charge in [-0.1, -0.05) is 30.7 Å². The van der Waals surface area contributed by atoms with Crippen LogP contribution < -0.4 is 10.6 Å². The Morgan fingerprint density at radius 1 is 1.43 bits per heavy atom. The van der Waals surface area contributed by atoms with Crippen molar-refractivity contribution in [1.29, 1.82) is 0 Å². The summed E-state index contributed by atoms with van der Waals surface area (Å²) in [5.41, 5.74) is 8.42. The molecule has 0 bridgehead atoms. The number of hydrogen-bond donors (Lipinski definition) is 1. The van der Waals surface area contributed by atoms with Crippen molar-refractivity contribution in [3.8, 4) is 0 Å². The van der Waals surface area contributed by atoms with E-state index in [2.05, 4.69) is 52.3 Å². The summed E-state index contributed by atoms with van der Waals surface area (Å²) in [6, 6.07) is 8.39. The lowest BCUT2D eigenvalue weighted by Crippen LogP contribution is -2.24. The lowest BCUT2D eigenvalue weighted by Gasteiger charge is -2.24. The fourth-order valence-electron chi connectivity index (χ4n) is 2.33. The van der Waals surface area contributed by atoms with Gasteiger partial charge in [0, 0.05) is 27.8 Å². The van der Waals surface area contributed by atoms with Gasteiger partial charge in [-0.3, -0.25) is 0 Å². The molecule has 0 fully saturated rings. The van der Waals surface area contributed by atoms with Gasteiger partial charge in [-0.2, -0.15) is 0 Å². The monoisotopic (exact) mass is 386 g/mol. The summed E-state index contributed by atoms with van der Waals surface area (Å²) < 4.78 is 1.13. The van der Waals surface area contributed by atoms with Crippen molar-refractivity contribution < 1.29 is 0 Å². The number of benzene rings is 1. The Morgan fingerprint density at radius 2 is 2.19 bits per heavy atom. The minimum atomic E-state index is 0.173. The first kappa shape index (κ1) is 16.8. The normalized spacial score (nSPS) is 12.4. The van der Waals surface area contributed by atoms with Crippen LogP contribution in [0.15, 0.2) is 34.1 Å². The molecule has 2 rings (SSSR count). The Bertz CT molecular complexity index is 600. The number of para-hydroxylation sites is 1. The second kappa shape index (κ2) is 7.63. The van der Waals surface area contributed by atoms with Gasteiger partial charge in [0.15, 0.2) is 0 Å². The number of nitrogens with two attached hydrogens (primary N) is 1. The summed E-state index contributed by atoms with van der Waals surface area (Å²) in [7, 11) is 2.08. The highest BCUT2D eigenvalue weighted by atomic mass is 79.9. The van der Waals surface area contributed by atoms with Crippen LogP contribution in [0.5, 0.6) is 0 Å². The van der Waals surface area contributed by atoms with Crippen LogP contribution in [0.25, 0.3) is 0 Å². The van der Waals surface area contributed by atoms with Crippen LogP contribution in [0.3, 0.4) is 0 Å². The van der Waals surface area contributed by atoms with E-state index >= 15 is 0 Å². The van der Waals surface area contributed by atoms with E-state index < -0.39 is 0 Å². The Kier molecular flexibility index (Phi) is 6.11. The van der Waals surface area contributed by atoms with Crippen LogP contribution in [0, 0.1) is 0 Å². The van der Waals surface area contributed by atoms with Gasteiger partial charge in [0.1, 0.15) is 0 Å². The van der Waals surface area contributed by atoms with E-state index in [1.807, 2.05) is 12.1 Å². The van der Waals surface area contributed by atoms with Crippen molar-refractivity contribution in [3.05, 3.63) is 49.6 Å². The first-order valence-corrected chi connectivity index (χ1v) is 9.03. The smallest absolute Gasteiger partial charge is 0.0642 e. The van der Waals surface area contributed by atoms with E-state index in [4.69, 9.17) is 17.3 Å². The van der Waals surface area contributed by atoms with Crippen molar-refractivity contribution in [3.63, 3.8) is 0 Å². The van der Waals surface area contributed by atoms with Gasteiger partial charge in [0.05, 0.1) is 17.3 Å². The fraction of sp³-hybridized carbons (Fsp3) is 0.375. The summed E-state index contributed by atoms with van der Waals surface area (Å²) in [5.74, 6) is 0. The number of hydrogen-bond acceptors (Lipinski definition) is 3. The Labute approximate surface area is 144 Å². The average molecular weight is 388 g/mol. The zero-order valence-electron chi connectivity index (χ0n) is 12.3. The molecule has 2 aromatic rings. The number of anilines is 1. The number of halogens is 2. The maximum Gasteiger partial charge on any atom is 0.0642 e. The Morgan fingerprint density at radius 3 is 2.81 bits per heavy atom. The second-order valence-corrected chi connectivity index (χ2v) is 7.53. The van der Waals surface area contributed by atoms with Gasteiger partial charge >= 0.3 is 0 Å². The summed E-state index contributed by atoms with van der Waals surface area (Å²) in [6.07, 6.45) is 1.82. The van der Waals surface area contributed by atoms with E-state index in [9.17, 15) is 0 Å². The highest BCUT2D eigenvalue weighted by molar-refractivity contribution is 9.10. The Hall–Kier alpha value is -0.550. The molecule has 1 unspecified atom stereocenters. The summed E-state index contributed by atoms with van der Waals surface area (Å²) in [6.45, 7) is 2.95. The van der Waals surface area contributed by atoms with Crippen LogP contribution >= 0.6 is 38.9 Å². The molecule has 0 saturated heterocycles. The quantitative estimate of drug-likeness (QED) is 0.749. The maximum absolute atomic E-state index is 6.43. The number of thiophene rings is 1. The van der Waals surface area contributed by atoms with E-state index in [1.165, 1.54) is 10.4 Å². The van der Waals surface area contributed by atoms with E-state index in [-0.39, 0.29) is 6.04 Å². The van der Waals surface area contributed by atoms with Crippen molar-refractivity contribution in [2.24, 2.45) is 5.73 Å². The lowest BCUT2D eigenvalue weighted by atomic mass is 10.0. The highest BCUT2D eigenvalue weighted by Crippen LogP contribution is 2.32. The molecule has 1 aromatic carbocycles. The molecule has 1 heterocycles. The molecule has 2 N–H and O–H groups in total. The molecule has 0 aliphatic heterocycles. The van der Waals surface area contributed by atoms with Crippen LogP contribution in [0.2, 0.25) is 5.02 Å². The molecule has 1 aromatic heterocycles. The van der Waals surface area contributed by atoms with Gasteiger partial charge < -0.3 is 10.6 Å². The van der Waals surface area contributed by atoms with Crippen LogP contribution in [-0.2, 0) is 13.0 Å². The molecule has 0 amide bonds. The van der Waals surface area contributed by atoms with Gasteiger partial charge in [0.25, 0.3) is 0 Å². The molecule has 2 nitrogen and oxygen atoms in total. The molecule has 5 heteroatoms. The first-order chi connectivity index (χ1) is 10.0. The van der Waals surface area contributed by atoms with Crippen molar-refractivity contribution in [2.45, 2.75) is 32.4 Å². The minimum absolute atomic E-state index is 0.173. The third-order valence-electron chi connectivity index (χ3n) is 3.47. The van der Waals surface area contributed by atoms with Gasteiger partial charge in [0.2, 0.25) is 0 Å². The van der Waals surface area contributed by atoms with Crippen molar-refractivity contribution in [2.75, 3.05) is 11.9 Å². The SMILES string of the molecule is CCC(N)Cc1cccc(Cl)c1N(C)Cc1cc(Br)cs1. The molecule has 0 aliphatic carbocycles. The third kappa shape index (κ3) is 4.46. The topological polar surface area (TPSA) is 29.3 Å². The molecule has 0 radical (unpaired) electrons. The largest absolute Gasteiger partial charge is 0.368 e. The van der Waals surface area contributed by atoms with Crippen molar-refractivity contribution >= 4 is 44.6 Å². The predicted octanol–water partition coefficient (Wildman–Crippen LogP) is 5.08. The minimum Gasteiger partial charge on any atom is -0.368 e. The number of nitrogens with zero attached hydrogens (tertiary/aromatic N) is 1. The molecule has 1 atom stereocenters. The van der Waals surface area contributed by atoms with Crippen LogP contribution in [0.1, 0.15) is 23.8 Å². The third-order valence-corrected chi connectivity index (χ3v) is 5.46. The second-order valence-electron chi connectivity index (χ2n) is 5.21. The zero-order chi connectivity index (χ0) is 15.4. The highest BCUT2D eigenvalue weighted by Gasteiger charge is 2.14. The van der Waals surface area contributed by atoms with Crippen molar-refractivity contribution in [1.82, 2.24) is 0 Å². The molecular weight excluding hydrogens is 368 g/mol. The van der Waals surface area contributed by atoms with Gasteiger partial charge in [-0.15, -0.1) is 11.3 Å². The van der Waals surface area contributed by atoms with Gasteiger partial charge in [-0.25, -0.2) is 0 Å². The van der Waals surface area contributed by atoms with E-state index in [0.717, 1.165) is 34.6 Å². The first-order valence-electron chi connectivity index (χ1n) is 6.98. The summed E-state index contributed by atoms with van der Waals surface area (Å²) in [5, 5.41) is 2.89. The summed E-state index contributed by atoms with van der Waals surface area (Å²) in [4.78, 5) is 3.51. The Balaban J connectivity index is 2.24. The maximum atomic E-state index is 6.43. The molecule has 114 valence electrons. The molecular formula is C16H20BrClN2S. The molecule has 21 heavy (non-hydrogen) atoms. The number of rotatable bonds is 6. The van der Waals surface area contributed by atoms with E-state index in [1.54, 1.807) is 11.3 Å². The van der Waals surface area contributed by atoms with Crippen LogP contribution in [0.4, 0.5) is 5.69 Å². The van der Waals surface area contributed by atoms with E-state index in [0.29, 0.717) is 0 Å². The predicted molar refractivity (Wildman–Crippen MR) is 97.5 cm³/mol. The average Bonchev–Trinajstić information content (AvgIpc) is 2.83. The lowest BCUT2D eigenvalue weighted by molar-refractivity contribution is 0.645. The van der Waals surface area contributed by atoms with Crippen LogP contribution in [-0.4, -0.2) is 13.1 Å². The molecule has 0 spiro atoms. The standard InChI is InChI=1S/C16H20BrClN2S/c1-3-13(19)7-11-5-4-6-15(18)16(11)20(2)9-14-8-12(17)10-21-14/h4-6,8,10,13H,3,7,9,19H2,1-2H3.